The zero-order valence-corrected chi connectivity index (χ0v) is 11.6. The summed E-state index contributed by atoms with van der Waals surface area (Å²) in [5, 5.41) is 0.394. The number of alkyl halides is 1. The number of imidazole rings is 1. The van der Waals surface area contributed by atoms with Gasteiger partial charge in [-0.05, 0) is 19.1 Å². The van der Waals surface area contributed by atoms with Gasteiger partial charge in [-0.1, -0.05) is 33.6 Å². The minimum absolute atomic E-state index is 0.267. The van der Waals surface area contributed by atoms with Gasteiger partial charge in [0.25, 0.3) is 10.0 Å². The van der Waals surface area contributed by atoms with Crippen LogP contribution in [0.2, 0.25) is 0 Å². The summed E-state index contributed by atoms with van der Waals surface area (Å²) in [6.07, 6.45) is 2.92. The van der Waals surface area contributed by atoms with Crippen molar-refractivity contribution in [3.63, 3.8) is 0 Å². The van der Waals surface area contributed by atoms with E-state index in [1.807, 2.05) is 6.92 Å². The van der Waals surface area contributed by atoms with Gasteiger partial charge in [-0.15, -0.1) is 0 Å². The van der Waals surface area contributed by atoms with Crippen LogP contribution in [0.5, 0.6) is 0 Å². The molecule has 0 radical (unpaired) electrons. The largest absolute Gasteiger partial charge is 0.269 e. The third-order valence-electron chi connectivity index (χ3n) is 2.38. The maximum absolute atomic E-state index is 12.3. The molecule has 1 aromatic heterocycles. The first-order chi connectivity index (χ1) is 8.05. The SMILES string of the molecule is Cc1ccc(S(=O)(=O)n2ccnc2CBr)cc1. The third-order valence-corrected chi connectivity index (χ3v) is 4.60. The smallest absolute Gasteiger partial charge is 0.240 e. The molecule has 0 fully saturated rings. The molecule has 0 N–H and O–H groups in total. The number of benzene rings is 1. The highest BCUT2D eigenvalue weighted by Crippen LogP contribution is 2.17. The van der Waals surface area contributed by atoms with E-state index in [9.17, 15) is 8.42 Å². The van der Waals surface area contributed by atoms with Crippen LogP contribution in [-0.4, -0.2) is 17.4 Å². The van der Waals surface area contributed by atoms with Gasteiger partial charge in [0.1, 0.15) is 5.82 Å². The maximum Gasteiger partial charge on any atom is 0.269 e. The second kappa shape index (κ2) is 4.62. The van der Waals surface area contributed by atoms with E-state index in [4.69, 9.17) is 0 Å². The molecule has 1 heterocycles. The van der Waals surface area contributed by atoms with Crippen molar-refractivity contribution in [1.82, 2.24) is 8.96 Å². The molecule has 6 heteroatoms. The molecular formula is C11H11BrN2O2S. The van der Waals surface area contributed by atoms with Crippen LogP contribution >= 0.6 is 15.9 Å². The molecule has 17 heavy (non-hydrogen) atoms. The first-order valence-corrected chi connectivity index (χ1v) is 7.52. The van der Waals surface area contributed by atoms with E-state index in [-0.39, 0.29) is 4.90 Å². The summed E-state index contributed by atoms with van der Waals surface area (Å²) < 4.78 is 25.8. The van der Waals surface area contributed by atoms with Crippen LogP contribution in [0.15, 0.2) is 41.6 Å². The molecule has 0 aliphatic rings. The standard InChI is InChI=1S/C11H11BrN2O2S/c1-9-2-4-10(5-3-9)17(15,16)14-7-6-13-11(14)8-12/h2-7H,8H2,1H3. The van der Waals surface area contributed by atoms with E-state index >= 15 is 0 Å². The minimum atomic E-state index is -3.53. The van der Waals surface area contributed by atoms with E-state index in [0.717, 1.165) is 5.56 Å². The molecule has 2 aromatic rings. The lowest BCUT2D eigenvalue weighted by molar-refractivity contribution is 0.585. The summed E-state index contributed by atoms with van der Waals surface area (Å²) in [4.78, 5) is 4.25. The number of rotatable bonds is 3. The second-order valence-corrected chi connectivity index (χ2v) is 5.97. The summed E-state index contributed by atoms with van der Waals surface area (Å²) in [5.74, 6) is 0.463. The number of aromatic nitrogens is 2. The zero-order valence-electron chi connectivity index (χ0n) is 9.17. The molecule has 0 atom stereocenters. The monoisotopic (exact) mass is 314 g/mol. The molecule has 0 bridgehead atoms. The Bertz CT molecular complexity index is 617. The van der Waals surface area contributed by atoms with Crippen molar-refractivity contribution >= 4 is 26.0 Å². The fourth-order valence-corrected chi connectivity index (χ4v) is 3.35. The lowest BCUT2D eigenvalue weighted by Crippen LogP contribution is -2.14. The second-order valence-electron chi connectivity index (χ2n) is 3.59. The Morgan fingerprint density at radius 1 is 1.29 bits per heavy atom. The van der Waals surface area contributed by atoms with E-state index in [0.29, 0.717) is 11.2 Å². The highest BCUT2D eigenvalue weighted by atomic mass is 79.9. The van der Waals surface area contributed by atoms with Crippen molar-refractivity contribution in [2.45, 2.75) is 17.1 Å². The van der Waals surface area contributed by atoms with E-state index in [2.05, 4.69) is 20.9 Å². The predicted octanol–water partition coefficient (Wildman–Crippen LogP) is 2.32. The molecule has 0 saturated heterocycles. The van der Waals surface area contributed by atoms with Gasteiger partial charge in [0.15, 0.2) is 0 Å². The third kappa shape index (κ3) is 2.28. The van der Waals surface area contributed by atoms with Crippen molar-refractivity contribution in [3.05, 3.63) is 48.0 Å². The summed E-state index contributed by atoms with van der Waals surface area (Å²) >= 11 is 3.22. The molecule has 0 amide bonds. The van der Waals surface area contributed by atoms with Crippen LogP contribution in [0, 0.1) is 6.92 Å². The van der Waals surface area contributed by atoms with Crippen molar-refractivity contribution < 1.29 is 8.42 Å². The van der Waals surface area contributed by atoms with Gasteiger partial charge in [0.05, 0.1) is 10.2 Å². The fraction of sp³-hybridized carbons (Fsp3) is 0.182. The summed E-state index contributed by atoms with van der Waals surface area (Å²) in [5.41, 5.74) is 1.02. The van der Waals surface area contributed by atoms with Crippen LogP contribution in [0.4, 0.5) is 0 Å². The number of hydrogen-bond donors (Lipinski definition) is 0. The number of nitrogens with zero attached hydrogens (tertiary/aromatic N) is 2. The minimum Gasteiger partial charge on any atom is -0.240 e. The van der Waals surface area contributed by atoms with Gasteiger partial charge >= 0.3 is 0 Å². The van der Waals surface area contributed by atoms with Crippen molar-refractivity contribution in [2.24, 2.45) is 0 Å². The average Bonchev–Trinajstić information content (AvgIpc) is 2.78. The average molecular weight is 315 g/mol. The van der Waals surface area contributed by atoms with Gasteiger partial charge in [0, 0.05) is 12.4 Å². The highest BCUT2D eigenvalue weighted by molar-refractivity contribution is 9.08. The van der Waals surface area contributed by atoms with Crippen molar-refractivity contribution in [2.75, 3.05) is 0 Å². The predicted molar refractivity (Wildman–Crippen MR) is 68.6 cm³/mol. The quantitative estimate of drug-likeness (QED) is 0.817. The molecule has 0 spiro atoms. The summed E-state index contributed by atoms with van der Waals surface area (Å²) in [7, 11) is -3.53. The Morgan fingerprint density at radius 3 is 2.53 bits per heavy atom. The van der Waals surface area contributed by atoms with Crippen LogP contribution < -0.4 is 0 Å². The first kappa shape index (κ1) is 12.3. The van der Waals surface area contributed by atoms with E-state index in [1.165, 1.54) is 16.4 Å². The van der Waals surface area contributed by atoms with Crippen LogP contribution in [-0.2, 0) is 15.4 Å². The normalized spacial score (nSPS) is 11.6. The summed E-state index contributed by atoms with van der Waals surface area (Å²) in [6, 6.07) is 6.75. The lowest BCUT2D eigenvalue weighted by atomic mass is 10.2. The number of hydrogen-bond acceptors (Lipinski definition) is 3. The molecule has 2 rings (SSSR count). The fourth-order valence-electron chi connectivity index (χ4n) is 1.46. The number of halogens is 1. The topological polar surface area (TPSA) is 52.0 Å². The van der Waals surface area contributed by atoms with Crippen LogP contribution in [0.1, 0.15) is 11.4 Å². The molecule has 1 aromatic carbocycles. The molecule has 0 saturated carbocycles. The Labute approximate surface area is 108 Å². The van der Waals surface area contributed by atoms with Gasteiger partial charge in [-0.2, -0.15) is 0 Å². The molecular weight excluding hydrogens is 304 g/mol. The first-order valence-electron chi connectivity index (χ1n) is 4.96. The van der Waals surface area contributed by atoms with Gasteiger partial charge in [0.2, 0.25) is 0 Å². The van der Waals surface area contributed by atoms with Crippen molar-refractivity contribution in [1.29, 1.82) is 0 Å². The summed E-state index contributed by atoms with van der Waals surface area (Å²) in [6.45, 7) is 1.91. The highest BCUT2D eigenvalue weighted by Gasteiger charge is 2.19. The Kier molecular flexibility index (Phi) is 3.35. The zero-order chi connectivity index (χ0) is 12.5. The molecule has 0 unspecified atom stereocenters. The number of aryl methyl sites for hydroxylation is 1. The molecule has 0 aliphatic carbocycles. The van der Waals surface area contributed by atoms with Gasteiger partial charge in [-0.3, -0.25) is 0 Å². The Hall–Kier alpha value is -1.14. The lowest BCUT2D eigenvalue weighted by Gasteiger charge is -2.07. The van der Waals surface area contributed by atoms with Gasteiger partial charge < -0.3 is 0 Å². The maximum atomic E-state index is 12.3. The van der Waals surface area contributed by atoms with E-state index in [1.54, 1.807) is 24.3 Å². The molecule has 4 nitrogen and oxygen atoms in total. The molecule has 90 valence electrons. The molecule has 0 aliphatic heterocycles. The van der Waals surface area contributed by atoms with Gasteiger partial charge in [-0.25, -0.2) is 17.4 Å². The Morgan fingerprint density at radius 2 is 1.94 bits per heavy atom. The Balaban J connectivity index is 2.54. The van der Waals surface area contributed by atoms with Crippen molar-refractivity contribution in [3.8, 4) is 0 Å². The van der Waals surface area contributed by atoms with E-state index < -0.39 is 10.0 Å². The van der Waals surface area contributed by atoms with Crippen LogP contribution in [0.3, 0.4) is 0 Å². The van der Waals surface area contributed by atoms with Crippen LogP contribution in [0.25, 0.3) is 0 Å².